The zero-order chi connectivity index (χ0) is 18.1. The molecule has 0 unspecified atom stereocenters. The van der Waals surface area contributed by atoms with Crippen LogP contribution in [0.25, 0.3) is 11.3 Å². The van der Waals surface area contributed by atoms with E-state index < -0.39 is 4.92 Å². The molecule has 2 atom stereocenters. The highest BCUT2D eigenvalue weighted by Gasteiger charge is 2.44. The molecule has 1 heterocycles. The van der Waals surface area contributed by atoms with Gasteiger partial charge in [-0.1, -0.05) is 30.3 Å². The summed E-state index contributed by atoms with van der Waals surface area (Å²) < 4.78 is 0. The number of rotatable bonds is 5. The van der Waals surface area contributed by atoms with Gasteiger partial charge in [0.2, 0.25) is 5.91 Å². The highest BCUT2D eigenvalue weighted by molar-refractivity contribution is 7.14. The summed E-state index contributed by atoms with van der Waals surface area (Å²) in [6.45, 7) is 0. The van der Waals surface area contributed by atoms with Gasteiger partial charge >= 0.3 is 0 Å². The van der Waals surface area contributed by atoms with E-state index in [-0.39, 0.29) is 23.4 Å². The third-order valence-corrected chi connectivity index (χ3v) is 5.22. The number of hydrogen-bond acceptors (Lipinski definition) is 5. The van der Waals surface area contributed by atoms with E-state index in [1.54, 1.807) is 12.1 Å². The van der Waals surface area contributed by atoms with Crippen LogP contribution >= 0.6 is 11.3 Å². The van der Waals surface area contributed by atoms with Gasteiger partial charge in [0.15, 0.2) is 5.13 Å². The van der Waals surface area contributed by atoms with Gasteiger partial charge in [0.05, 0.1) is 10.6 Å². The number of nitro groups is 1. The Morgan fingerprint density at radius 1 is 1.15 bits per heavy atom. The van der Waals surface area contributed by atoms with Crippen LogP contribution in [0.5, 0.6) is 0 Å². The van der Waals surface area contributed by atoms with Crippen LogP contribution in [0.3, 0.4) is 0 Å². The quantitative estimate of drug-likeness (QED) is 0.534. The zero-order valence-corrected chi connectivity index (χ0v) is 14.5. The van der Waals surface area contributed by atoms with E-state index in [0.29, 0.717) is 10.8 Å². The fourth-order valence-corrected chi connectivity index (χ4v) is 3.69. The molecule has 4 rings (SSSR count). The molecule has 3 aromatic rings. The zero-order valence-electron chi connectivity index (χ0n) is 13.7. The number of nitrogens with zero attached hydrogens (tertiary/aromatic N) is 2. The van der Waals surface area contributed by atoms with Gasteiger partial charge in [-0.25, -0.2) is 4.98 Å². The van der Waals surface area contributed by atoms with Gasteiger partial charge in [0.25, 0.3) is 5.69 Å². The summed E-state index contributed by atoms with van der Waals surface area (Å²) >= 11 is 1.35. The summed E-state index contributed by atoms with van der Waals surface area (Å²) in [5.41, 5.74) is 2.70. The second kappa shape index (κ2) is 6.68. The molecule has 6 nitrogen and oxygen atoms in total. The van der Waals surface area contributed by atoms with Gasteiger partial charge in [-0.3, -0.25) is 14.9 Å². The molecule has 0 spiro atoms. The molecule has 26 heavy (non-hydrogen) atoms. The third kappa shape index (κ3) is 3.34. The minimum Gasteiger partial charge on any atom is -0.302 e. The van der Waals surface area contributed by atoms with Crippen molar-refractivity contribution in [3.63, 3.8) is 0 Å². The van der Waals surface area contributed by atoms with Crippen molar-refractivity contribution in [2.24, 2.45) is 5.92 Å². The molecule has 1 fully saturated rings. The van der Waals surface area contributed by atoms with Crippen molar-refractivity contribution in [1.82, 2.24) is 4.98 Å². The van der Waals surface area contributed by atoms with Crippen molar-refractivity contribution < 1.29 is 9.72 Å². The third-order valence-electron chi connectivity index (χ3n) is 4.46. The maximum atomic E-state index is 12.4. The molecule has 0 aliphatic heterocycles. The second-order valence-corrected chi connectivity index (χ2v) is 7.05. The number of benzene rings is 2. The summed E-state index contributed by atoms with van der Waals surface area (Å²) in [6.07, 6.45) is 0.858. The maximum absolute atomic E-state index is 12.4. The Labute approximate surface area is 153 Å². The minimum absolute atomic E-state index is 0.0101. The molecule has 130 valence electrons. The highest BCUT2D eigenvalue weighted by Crippen LogP contribution is 2.48. The lowest BCUT2D eigenvalue weighted by molar-refractivity contribution is -0.384. The van der Waals surface area contributed by atoms with E-state index in [2.05, 4.69) is 10.3 Å². The number of nitro benzene ring substituents is 1. The van der Waals surface area contributed by atoms with E-state index in [1.165, 1.54) is 29.0 Å². The van der Waals surface area contributed by atoms with E-state index in [1.807, 2.05) is 35.7 Å². The Kier molecular flexibility index (Phi) is 4.22. The topological polar surface area (TPSA) is 85.1 Å². The van der Waals surface area contributed by atoms with Gasteiger partial charge in [-0.2, -0.15) is 0 Å². The lowest BCUT2D eigenvalue weighted by Gasteiger charge is -2.01. The number of carbonyl (C=O) groups excluding carboxylic acids is 1. The summed E-state index contributed by atoms with van der Waals surface area (Å²) in [4.78, 5) is 27.1. The molecule has 1 saturated carbocycles. The Bertz CT molecular complexity index is 954. The normalized spacial score (nSPS) is 18.3. The molecule has 0 saturated heterocycles. The average molecular weight is 365 g/mol. The number of nitrogens with one attached hydrogen (secondary N) is 1. The van der Waals surface area contributed by atoms with Crippen molar-refractivity contribution in [3.8, 4) is 11.3 Å². The molecule has 7 heteroatoms. The van der Waals surface area contributed by atoms with Crippen molar-refractivity contribution in [1.29, 1.82) is 0 Å². The van der Waals surface area contributed by atoms with Gasteiger partial charge in [-0.15, -0.1) is 11.3 Å². The van der Waals surface area contributed by atoms with E-state index in [9.17, 15) is 14.9 Å². The second-order valence-electron chi connectivity index (χ2n) is 6.19. The summed E-state index contributed by atoms with van der Waals surface area (Å²) in [5, 5.41) is 16.0. The predicted molar refractivity (Wildman–Crippen MR) is 100 cm³/mol. The number of anilines is 1. The molecular formula is C19H15N3O3S. The van der Waals surface area contributed by atoms with Crippen molar-refractivity contribution in [2.45, 2.75) is 12.3 Å². The number of non-ortho nitro benzene ring substituents is 1. The Morgan fingerprint density at radius 3 is 2.58 bits per heavy atom. The molecule has 0 radical (unpaired) electrons. The smallest absolute Gasteiger partial charge is 0.269 e. The van der Waals surface area contributed by atoms with Crippen LogP contribution in [0, 0.1) is 16.0 Å². The lowest BCUT2D eigenvalue weighted by Crippen LogP contribution is -2.14. The fraction of sp³-hybridized carbons (Fsp3) is 0.158. The van der Waals surface area contributed by atoms with E-state index in [4.69, 9.17) is 0 Å². The van der Waals surface area contributed by atoms with Gasteiger partial charge in [-0.05, 0) is 30.0 Å². The lowest BCUT2D eigenvalue weighted by atomic mass is 10.1. The SMILES string of the molecule is O=C(Nc1nc(-c2ccc([N+](=O)[O-])cc2)cs1)[C@H]1C[C@@H]1c1ccccc1. The molecule has 2 aromatic carbocycles. The molecule has 1 N–H and O–H groups in total. The van der Waals surface area contributed by atoms with Crippen molar-refractivity contribution in [2.75, 3.05) is 5.32 Å². The van der Waals surface area contributed by atoms with Crippen molar-refractivity contribution >= 4 is 28.1 Å². The first-order valence-electron chi connectivity index (χ1n) is 8.18. The van der Waals surface area contributed by atoms with Crippen LogP contribution in [0.1, 0.15) is 17.9 Å². The van der Waals surface area contributed by atoms with Crippen LogP contribution in [-0.4, -0.2) is 15.8 Å². The summed E-state index contributed by atoms with van der Waals surface area (Å²) in [6, 6.07) is 16.2. The molecule has 0 bridgehead atoms. The monoisotopic (exact) mass is 365 g/mol. The largest absolute Gasteiger partial charge is 0.302 e. The first-order chi connectivity index (χ1) is 12.6. The molecule has 1 aromatic heterocycles. The Balaban J connectivity index is 1.41. The van der Waals surface area contributed by atoms with E-state index >= 15 is 0 Å². The Morgan fingerprint density at radius 2 is 1.88 bits per heavy atom. The fourth-order valence-electron chi connectivity index (χ4n) is 2.97. The van der Waals surface area contributed by atoms with Crippen LogP contribution in [0.4, 0.5) is 10.8 Å². The first kappa shape index (κ1) is 16.4. The standard InChI is InChI=1S/C19H15N3O3S/c23-18(16-10-15(16)12-4-2-1-3-5-12)21-19-20-17(11-26-19)13-6-8-14(9-7-13)22(24)25/h1-9,11,15-16H,10H2,(H,20,21,23)/t15-,16+/m1/s1. The summed E-state index contributed by atoms with van der Waals surface area (Å²) in [5.74, 6) is 0.262. The van der Waals surface area contributed by atoms with Gasteiger partial charge in [0.1, 0.15) is 0 Å². The van der Waals surface area contributed by atoms with Crippen LogP contribution < -0.4 is 5.32 Å². The first-order valence-corrected chi connectivity index (χ1v) is 9.06. The number of carbonyl (C=O) groups is 1. The number of aromatic nitrogens is 1. The Hall–Kier alpha value is -3.06. The predicted octanol–water partition coefficient (Wildman–Crippen LogP) is 4.46. The highest BCUT2D eigenvalue weighted by atomic mass is 32.1. The van der Waals surface area contributed by atoms with Crippen LogP contribution in [0.15, 0.2) is 60.0 Å². The van der Waals surface area contributed by atoms with Crippen LogP contribution in [0.2, 0.25) is 0 Å². The number of hydrogen-bond donors (Lipinski definition) is 1. The van der Waals surface area contributed by atoms with Crippen molar-refractivity contribution in [3.05, 3.63) is 75.7 Å². The van der Waals surface area contributed by atoms with Gasteiger partial charge in [0, 0.05) is 29.0 Å². The summed E-state index contributed by atoms with van der Waals surface area (Å²) in [7, 11) is 0. The molecular weight excluding hydrogens is 350 g/mol. The molecule has 1 amide bonds. The van der Waals surface area contributed by atoms with Crippen LogP contribution in [-0.2, 0) is 4.79 Å². The number of amides is 1. The molecule has 1 aliphatic carbocycles. The molecule has 1 aliphatic rings. The maximum Gasteiger partial charge on any atom is 0.269 e. The van der Waals surface area contributed by atoms with Gasteiger partial charge < -0.3 is 5.32 Å². The van der Waals surface area contributed by atoms with E-state index in [0.717, 1.165) is 12.0 Å². The number of thiazole rings is 1. The average Bonchev–Trinajstić information content (AvgIpc) is 3.35. The minimum atomic E-state index is -0.435.